The number of rotatable bonds is 4. The summed E-state index contributed by atoms with van der Waals surface area (Å²) in [5, 5.41) is 9.85. The maximum atomic E-state index is 12.6. The van der Waals surface area contributed by atoms with Crippen molar-refractivity contribution in [2.24, 2.45) is 0 Å². The number of nitrogens with one attached hydrogen (secondary N) is 2. The van der Waals surface area contributed by atoms with Gasteiger partial charge in [-0.2, -0.15) is 10.1 Å². The van der Waals surface area contributed by atoms with Crippen LogP contribution in [0.25, 0.3) is 0 Å². The van der Waals surface area contributed by atoms with Crippen molar-refractivity contribution >= 4 is 11.7 Å². The summed E-state index contributed by atoms with van der Waals surface area (Å²) in [6.45, 7) is 1.38. The first-order valence-electron chi connectivity index (χ1n) is 7.85. The summed E-state index contributed by atoms with van der Waals surface area (Å²) in [5.74, 6) is 1.04. The molecule has 1 aliphatic heterocycles. The summed E-state index contributed by atoms with van der Waals surface area (Å²) in [6, 6.07) is 5.20. The fourth-order valence-electron chi connectivity index (χ4n) is 2.89. The van der Waals surface area contributed by atoms with Gasteiger partial charge in [-0.3, -0.25) is 5.10 Å². The SMILES string of the molecule is COc1ccc(NC(=O)N2CCC[C@@H](c3ccn[nH]3)C2)c(OC)n1. The topological polar surface area (TPSA) is 92.4 Å². The van der Waals surface area contributed by atoms with Gasteiger partial charge in [0.15, 0.2) is 0 Å². The van der Waals surface area contributed by atoms with E-state index in [0.717, 1.165) is 25.1 Å². The van der Waals surface area contributed by atoms with Crippen LogP contribution in [0.15, 0.2) is 24.4 Å². The third-order valence-corrected chi connectivity index (χ3v) is 4.15. The Morgan fingerprint density at radius 1 is 1.33 bits per heavy atom. The van der Waals surface area contributed by atoms with Crippen LogP contribution < -0.4 is 14.8 Å². The van der Waals surface area contributed by atoms with Gasteiger partial charge in [0.05, 0.1) is 14.2 Å². The number of aromatic amines is 1. The van der Waals surface area contributed by atoms with Crippen molar-refractivity contribution in [2.45, 2.75) is 18.8 Å². The minimum Gasteiger partial charge on any atom is -0.481 e. The van der Waals surface area contributed by atoms with E-state index in [1.165, 1.54) is 14.2 Å². The summed E-state index contributed by atoms with van der Waals surface area (Å²) in [5.41, 5.74) is 1.59. The number of anilines is 1. The monoisotopic (exact) mass is 331 g/mol. The molecular formula is C16H21N5O3. The van der Waals surface area contributed by atoms with Gasteiger partial charge in [0.25, 0.3) is 0 Å². The zero-order chi connectivity index (χ0) is 16.9. The molecule has 1 fully saturated rings. The fourth-order valence-corrected chi connectivity index (χ4v) is 2.89. The molecule has 3 rings (SSSR count). The summed E-state index contributed by atoms with van der Waals surface area (Å²) >= 11 is 0. The minimum atomic E-state index is -0.163. The second kappa shape index (κ2) is 7.20. The summed E-state index contributed by atoms with van der Waals surface area (Å²) < 4.78 is 10.3. The van der Waals surface area contributed by atoms with Gasteiger partial charge in [-0.05, 0) is 25.0 Å². The second-order valence-corrected chi connectivity index (χ2v) is 5.64. The van der Waals surface area contributed by atoms with E-state index in [-0.39, 0.29) is 11.9 Å². The van der Waals surface area contributed by atoms with Gasteiger partial charge in [-0.15, -0.1) is 0 Å². The predicted molar refractivity (Wildman–Crippen MR) is 88.5 cm³/mol. The van der Waals surface area contributed by atoms with E-state index in [9.17, 15) is 4.79 Å². The van der Waals surface area contributed by atoms with Crippen molar-refractivity contribution in [1.29, 1.82) is 0 Å². The highest BCUT2D eigenvalue weighted by Gasteiger charge is 2.26. The van der Waals surface area contributed by atoms with Gasteiger partial charge in [0.1, 0.15) is 5.69 Å². The molecule has 8 nitrogen and oxygen atoms in total. The molecule has 0 spiro atoms. The molecule has 128 valence electrons. The lowest BCUT2D eigenvalue weighted by molar-refractivity contribution is 0.192. The average Bonchev–Trinajstić information content (AvgIpc) is 3.17. The van der Waals surface area contributed by atoms with Gasteiger partial charge in [-0.1, -0.05) is 0 Å². The van der Waals surface area contributed by atoms with E-state index in [2.05, 4.69) is 20.5 Å². The van der Waals surface area contributed by atoms with Crippen LogP contribution in [0.5, 0.6) is 11.8 Å². The molecular weight excluding hydrogens is 310 g/mol. The molecule has 2 N–H and O–H groups in total. The first kappa shape index (κ1) is 16.1. The Morgan fingerprint density at radius 3 is 2.92 bits per heavy atom. The van der Waals surface area contributed by atoms with E-state index in [4.69, 9.17) is 9.47 Å². The second-order valence-electron chi connectivity index (χ2n) is 5.64. The number of hydrogen-bond acceptors (Lipinski definition) is 5. The number of hydrogen-bond donors (Lipinski definition) is 2. The highest BCUT2D eigenvalue weighted by molar-refractivity contribution is 5.90. The number of urea groups is 1. The van der Waals surface area contributed by atoms with Crippen LogP contribution in [0.3, 0.4) is 0 Å². The van der Waals surface area contributed by atoms with Gasteiger partial charge < -0.3 is 19.7 Å². The molecule has 0 bridgehead atoms. The first-order valence-corrected chi connectivity index (χ1v) is 7.85. The lowest BCUT2D eigenvalue weighted by atomic mass is 9.95. The number of amides is 2. The number of piperidine rings is 1. The Balaban J connectivity index is 1.68. The Morgan fingerprint density at radius 2 is 2.21 bits per heavy atom. The molecule has 0 unspecified atom stereocenters. The maximum absolute atomic E-state index is 12.6. The Bertz CT molecular complexity index is 689. The molecule has 2 aromatic rings. The van der Waals surface area contributed by atoms with Crippen molar-refractivity contribution in [3.8, 4) is 11.8 Å². The number of carbonyl (C=O) groups is 1. The molecule has 1 saturated heterocycles. The number of methoxy groups -OCH3 is 2. The Hall–Kier alpha value is -2.77. The largest absolute Gasteiger partial charge is 0.481 e. The molecule has 2 aromatic heterocycles. The number of pyridine rings is 1. The highest BCUT2D eigenvalue weighted by atomic mass is 16.5. The zero-order valence-corrected chi connectivity index (χ0v) is 13.8. The normalized spacial score (nSPS) is 17.4. The van der Waals surface area contributed by atoms with E-state index in [1.807, 2.05) is 6.07 Å². The Labute approximate surface area is 140 Å². The predicted octanol–water partition coefficient (Wildman–Crippen LogP) is 2.23. The van der Waals surface area contributed by atoms with E-state index in [0.29, 0.717) is 24.0 Å². The van der Waals surface area contributed by atoms with E-state index in [1.54, 1.807) is 23.2 Å². The number of nitrogens with zero attached hydrogens (tertiary/aromatic N) is 3. The zero-order valence-electron chi connectivity index (χ0n) is 13.8. The number of aromatic nitrogens is 3. The van der Waals surface area contributed by atoms with Gasteiger partial charge >= 0.3 is 6.03 Å². The van der Waals surface area contributed by atoms with Crippen LogP contribution in [0.4, 0.5) is 10.5 Å². The molecule has 0 aliphatic carbocycles. The van der Waals surface area contributed by atoms with Crippen molar-refractivity contribution in [2.75, 3.05) is 32.6 Å². The standard InChI is InChI=1S/C16H21N5O3/c1-23-14-6-5-13(15(19-14)24-2)18-16(22)21-9-3-4-11(10-21)12-7-8-17-20-12/h5-8,11H,3-4,9-10H2,1-2H3,(H,17,20)(H,18,22)/t11-/m1/s1. The first-order chi connectivity index (χ1) is 11.7. The molecule has 1 atom stereocenters. The maximum Gasteiger partial charge on any atom is 0.322 e. The van der Waals surface area contributed by atoms with Crippen molar-refractivity contribution < 1.29 is 14.3 Å². The number of likely N-dealkylation sites (tertiary alicyclic amines) is 1. The Kier molecular flexibility index (Phi) is 4.83. The lowest BCUT2D eigenvalue weighted by Crippen LogP contribution is -2.41. The van der Waals surface area contributed by atoms with Crippen molar-refractivity contribution in [1.82, 2.24) is 20.1 Å². The average molecular weight is 331 g/mol. The van der Waals surface area contributed by atoms with Crippen molar-refractivity contribution in [3.63, 3.8) is 0 Å². The molecule has 2 amide bonds. The minimum absolute atomic E-state index is 0.163. The molecule has 8 heteroatoms. The molecule has 0 aromatic carbocycles. The summed E-state index contributed by atoms with van der Waals surface area (Å²) in [6.07, 6.45) is 3.73. The highest BCUT2D eigenvalue weighted by Crippen LogP contribution is 2.28. The van der Waals surface area contributed by atoms with Crippen LogP contribution in [0.2, 0.25) is 0 Å². The van der Waals surface area contributed by atoms with Crippen LogP contribution in [-0.2, 0) is 0 Å². The lowest BCUT2D eigenvalue weighted by Gasteiger charge is -2.32. The molecule has 0 saturated carbocycles. The molecule has 24 heavy (non-hydrogen) atoms. The van der Waals surface area contributed by atoms with Crippen molar-refractivity contribution in [3.05, 3.63) is 30.1 Å². The molecule has 3 heterocycles. The van der Waals surface area contributed by atoms with Gasteiger partial charge in [0, 0.05) is 37.0 Å². The number of H-pyrrole nitrogens is 1. The summed E-state index contributed by atoms with van der Waals surface area (Å²) in [4.78, 5) is 18.6. The smallest absolute Gasteiger partial charge is 0.322 e. The third kappa shape index (κ3) is 3.42. The van der Waals surface area contributed by atoms with Crippen LogP contribution in [0, 0.1) is 0 Å². The quantitative estimate of drug-likeness (QED) is 0.896. The number of ether oxygens (including phenoxy) is 2. The van der Waals surface area contributed by atoms with Gasteiger partial charge in [-0.25, -0.2) is 4.79 Å². The van der Waals surface area contributed by atoms with E-state index < -0.39 is 0 Å². The van der Waals surface area contributed by atoms with E-state index >= 15 is 0 Å². The summed E-state index contributed by atoms with van der Waals surface area (Å²) in [7, 11) is 3.04. The number of carbonyl (C=O) groups excluding carboxylic acids is 1. The van der Waals surface area contributed by atoms with Crippen LogP contribution in [-0.4, -0.2) is 53.4 Å². The molecule has 0 radical (unpaired) electrons. The van der Waals surface area contributed by atoms with Gasteiger partial charge in [0.2, 0.25) is 11.8 Å². The third-order valence-electron chi connectivity index (χ3n) is 4.15. The fraction of sp³-hybridized carbons (Fsp3) is 0.438. The van der Waals surface area contributed by atoms with Crippen LogP contribution >= 0.6 is 0 Å². The molecule has 1 aliphatic rings. The van der Waals surface area contributed by atoms with Crippen LogP contribution in [0.1, 0.15) is 24.5 Å².